The molecule has 0 bridgehead atoms. The molecule has 0 aliphatic carbocycles. The molecule has 6 N–H and O–H groups in total. The Hall–Kier alpha value is -4.31. The van der Waals surface area contributed by atoms with Gasteiger partial charge in [-0.1, -0.05) is 11.2 Å². The summed E-state index contributed by atoms with van der Waals surface area (Å²) in [5.74, 6) is -2.86. The Kier molecular flexibility index (Phi) is 8.02. The predicted octanol–water partition coefficient (Wildman–Crippen LogP) is -0.758. The van der Waals surface area contributed by atoms with Crippen molar-refractivity contribution in [3.8, 4) is 0 Å². The summed E-state index contributed by atoms with van der Waals surface area (Å²) in [6.45, 7) is 2.26. The molecule has 1 fully saturated rings. The van der Waals surface area contributed by atoms with E-state index in [1.54, 1.807) is 48.2 Å². The number of primary amides is 1. The number of nitrogens with one attached hydrogen (secondary N) is 1. The van der Waals surface area contributed by atoms with Gasteiger partial charge in [-0.15, -0.1) is 11.8 Å². The molecular weight excluding hydrogens is 536 g/mol. The number of hydrogen-bond acceptors (Lipinski definition) is 11. The number of β-lactam (4-membered cyclic amide) rings is 1. The van der Waals surface area contributed by atoms with E-state index >= 15 is 0 Å². The molecule has 14 nitrogen and oxygen atoms in total. The maximum absolute atomic E-state index is 13.0. The Morgan fingerprint density at radius 2 is 2.11 bits per heavy atom. The van der Waals surface area contributed by atoms with Crippen LogP contribution in [0, 0.1) is 0 Å². The number of hydrogen-bond donors (Lipinski definition) is 4. The van der Waals surface area contributed by atoms with Crippen LogP contribution in [-0.4, -0.2) is 72.5 Å². The number of amides is 3. The number of pyridine rings is 1. The summed E-state index contributed by atoms with van der Waals surface area (Å²) in [6, 6.07) is 2.18. The Bertz CT molecular complexity index is 1370. The Balaban J connectivity index is 1.47. The lowest BCUT2D eigenvalue weighted by molar-refractivity contribution is -0.687. The topological polar surface area (TPSA) is 207 Å². The smallest absolute Gasteiger partial charge is 0.352 e. The second-order valence-electron chi connectivity index (χ2n) is 7.90. The number of carbonyl (C=O) groups excluding carboxylic acids is 3. The number of nitrogen functional groups attached to an aromatic ring is 1. The zero-order chi connectivity index (χ0) is 27.4. The fourth-order valence-electron chi connectivity index (χ4n) is 3.68. The maximum atomic E-state index is 13.0. The summed E-state index contributed by atoms with van der Waals surface area (Å²) < 4.78 is 5.74. The number of aromatic nitrogens is 3. The van der Waals surface area contributed by atoms with Crippen LogP contribution in [0.3, 0.4) is 0 Å². The third kappa shape index (κ3) is 5.50. The normalized spacial score (nSPS) is 19.2. The number of anilines is 1. The van der Waals surface area contributed by atoms with Crippen molar-refractivity contribution in [1.82, 2.24) is 19.6 Å². The molecule has 16 heteroatoms. The summed E-state index contributed by atoms with van der Waals surface area (Å²) in [7, 11) is 0. The SMILES string of the molecule is CCO/N=C(/C(=O)NC1C(=O)N2C(C(=O)O)=C(/C=C/C[n+]3ccc(C(N)=O)cc3)CS[C@H]12)c1nsc(N)n1. The lowest BCUT2D eigenvalue weighted by Gasteiger charge is -2.49. The van der Waals surface area contributed by atoms with Crippen LogP contribution < -0.4 is 21.4 Å². The van der Waals surface area contributed by atoms with Crippen LogP contribution in [0.25, 0.3) is 0 Å². The fourth-order valence-corrected chi connectivity index (χ4v) is 5.44. The molecule has 0 spiro atoms. The molecule has 4 heterocycles. The minimum absolute atomic E-state index is 0.0425. The molecule has 3 amide bonds. The first kappa shape index (κ1) is 26.7. The first-order valence-electron chi connectivity index (χ1n) is 11.2. The van der Waals surface area contributed by atoms with Gasteiger partial charge in [0, 0.05) is 29.4 Å². The number of fused-ring (bicyclic) bond motifs is 1. The van der Waals surface area contributed by atoms with E-state index in [-0.39, 0.29) is 29.0 Å². The monoisotopic (exact) mass is 559 g/mol. The predicted molar refractivity (Wildman–Crippen MR) is 136 cm³/mol. The first-order chi connectivity index (χ1) is 18.2. The minimum Gasteiger partial charge on any atom is -0.477 e. The van der Waals surface area contributed by atoms with Gasteiger partial charge in [0.1, 0.15) is 23.7 Å². The number of rotatable bonds is 10. The van der Waals surface area contributed by atoms with Crippen molar-refractivity contribution in [2.75, 3.05) is 18.1 Å². The number of oxime groups is 1. The van der Waals surface area contributed by atoms with Crippen LogP contribution in [0.15, 0.2) is 53.1 Å². The van der Waals surface area contributed by atoms with E-state index in [0.29, 0.717) is 23.4 Å². The van der Waals surface area contributed by atoms with E-state index < -0.39 is 35.1 Å². The summed E-state index contributed by atoms with van der Waals surface area (Å²) in [4.78, 5) is 59.3. The van der Waals surface area contributed by atoms with E-state index in [9.17, 15) is 24.3 Å². The van der Waals surface area contributed by atoms with Crippen molar-refractivity contribution in [2.45, 2.75) is 24.9 Å². The van der Waals surface area contributed by atoms with Gasteiger partial charge in [-0.05, 0) is 18.6 Å². The highest BCUT2D eigenvalue weighted by molar-refractivity contribution is 8.00. The van der Waals surface area contributed by atoms with Crippen molar-refractivity contribution in [2.24, 2.45) is 10.9 Å². The summed E-state index contributed by atoms with van der Waals surface area (Å²) in [6.07, 6.45) is 6.74. The lowest BCUT2D eigenvalue weighted by Crippen LogP contribution is -2.71. The van der Waals surface area contributed by atoms with Crippen LogP contribution in [-0.2, 0) is 25.8 Å². The maximum Gasteiger partial charge on any atom is 0.352 e. The molecule has 198 valence electrons. The molecule has 2 aliphatic rings. The average molecular weight is 560 g/mol. The van der Waals surface area contributed by atoms with E-state index in [4.69, 9.17) is 16.3 Å². The molecule has 0 radical (unpaired) electrons. The number of allylic oxidation sites excluding steroid dienone is 2. The minimum atomic E-state index is -1.26. The number of nitrogens with zero attached hydrogens (tertiary/aromatic N) is 5. The van der Waals surface area contributed by atoms with Crippen LogP contribution in [0.4, 0.5) is 5.13 Å². The molecule has 0 saturated carbocycles. The lowest BCUT2D eigenvalue weighted by atomic mass is 10.0. The summed E-state index contributed by atoms with van der Waals surface area (Å²) >= 11 is 2.19. The number of carboxylic acids is 1. The van der Waals surface area contributed by atoms with Gasteiger partial charge in [0.25, 0.3) is 11.8 Å². The second kappa shape index (κ2) is 11.4. The molecule has 38 heavy (non-hydrogen) atoms. The number of thioether (sulfide) groups is 1. The first-order valence-corrected chi connectivity index (χ1v) is 13.0. The van der Waals surface area contributed by atoms with E-state index in [1.165, 1.54) is 11.8 Å². The van der Waals surface area contributed by atoms with E-state index in [1.807, 2.05) is 0 Å². The van der Waals surface area contributed by atoms with Crippen LogP contribution in [0.5, 0.6) is 0 Å². The number of nitrogens with two attached hydrogens (primary N) is 2. The third-order valence-electron chi connectivity index (χ3n) is 5.45. The van der Waals surface area contributed by atoms with Crippen molar-refractivity contribution in [3.63, 3.8) is 0 Å². The molecule has 0 aromatic carbocycles. The highest BCUT2D eigenvalue weighted by Gasteiger charge is 2.54. The molecule has 1 unspecified atom stereocenters. The van der Waals surface area contributed by atoms with Crippen molar-refractivity contribution in [1.29, 1.82) is 0 Å². The Morgan fingerprint density at radius 1 is 1.37 bits per heavy atom. The van der Waals surface area contributed by atoms with Crippen molar-refractivity contribution in [3.05, 3.63) is 59.3 Å². The fraction of sp³-hybridized carbons (Fsp3) is 0.273. The third-order valence-corrected chi connectivity index (χ3v) is 7.30. The molecule has 2 atom stereocenters. The summed E-state index contributed by atoms with van der Waals surface area (Å²) in [5.41, 5.74) is 11.3. The number of aliphatic carboxylic acids is 1. The van der Waals surface area contributed by atoms with Crippen molar-refractivity contribution < 1.29 is 33.7 Å². The molecule has 4 rings (SSSR count). The van der Waals surface area contributed by atoms with Gasteiger partial charge in [0.2, 0.25) is 17.4 Å². The highest BCUT2D eigenvalue weighted by Crippen LogP contribution is 2.40. The van der Waals surface area contributed by atoms with Gasteiger partial charge in [0.05, 0.1) is 5.56 Å². The van der Waals surface area contributed by atoms with Crippen LogP contribution in [0.1, 0.15) is 23.1 Å². The van der Waals surface area contributed by atoms with Crippen LogP contribution in [0.2, 0.25) is 0 Å². The Morgan fingerprint density at radius 3 is 2.71 bits per heavy atom. The average Bonchev–Trinajstić information content (AvgIpc) is 3.32. The zero-order valence-electron chi connectivity index (χ0n) is 19.9. The summed E-state index contributed by atoms with van der Waals surface area (Å²) in [5, 5.41) is 15.7. The van der Waals surface area contributed by atoms with Crippen molar-refractivity contribution >= 4 is 57.8 Å². The van der Waals surface area contributed by atoms with Gasteiger partial charge in [0.15, 0.2) is 24.1 Å². The number of carbonyl (C=O) groups is 4. The zero-order valence-corrected chi connectivity index (χ0v) is 21.6. The quantitative estimate of drug-likeness (QED) is 0.124. The molecule has 2 aromatic heterocycles. The standard InChI is InChI=1S/C22H22N8O6S2/c1-2-36-27-13(17-26-22(24)38-28-17)18(32)25-14-19(33)30-15(21(34)35)12(10-37-20(14)30)4-3-7-29-8-5-11(6-9-29)16(23)31/h3-6,8-9,14,20H,2,7,10H2,1H3,(H5-,23,24,25,26,28,31,32,34,35)/p+1/b4-3+,27-13+/t14?,20-/m1/s1. The largest absolute Gasteiger partial charge is 0.477 e. The van der Waals surface area contributed by atoms with Crippen LogP contribution >= 0.6 is 23.3 Å². The molecule has 2 aromatic rings. The van der Waals surface area contributed by atoms with Gasteiger partial charge >= 0.3 is 5.97 Å². The highest BCUT2D eigenvalue weighted by atomic mass is 32.2. The second-order valence-corrected chi connectivity index (χ2v) is 9.79. The van der Waals surface area contributed by atoms with E-state index in [0.717, 1.165) is 16.4 Å². The molecule has 2 aliphatic heterocycles. The van der Waals surface area contributed by atoms with Gasteiger partial charge in [-0.2, -0.15) is 9.36 Å². The van der Waals surface area contributed by atoms with E-state index in [2.05, 4.69) is 19.8 Å². The molecule has 1 saturated heterocycles. The van der Waals surface area contributed by atoms with Gasteiger partial charge in [-0.25, -0.2) is 9.36 Å². The number of carboxylic acid groups (broad SMARTS) is 1. The van der Waals surface area contributed by atoms with Gasteiger partial charge in [-0.3, -0.25) is 19.3 Å². The molecular formula is C22H23N8O6S2+. The Labute approximate surface area is 224 Å². The van der Waals surface area contributed by atoms with Gasteiger partial charge < -0.3 is 26.7 Å².